The second-order valence-corrected chi connectivity index (χ2v) is 4.90. The van der Waals surface area contributed by atoms with E-state index in [1.807, 2.05) is 0 Å². The quantitative estimate of drug-likeness (QED) is 0.750. The van der Waals surface area contributed by atoms with Crippen LogP contribution in [0.15, 0.2) is 12.1 Å². The third-order valence-corrected chi connectivity index (χ3v) is 3.74. The molecule has 3 rings (SSSR count). The average molecular weight is 214 g/mol. The largest absolute Gasteiger partial charge is 0.358 e. The molecular weight excluding hydrogens is 196 g/mol. The number of hydrogen-bond acceptors (Lipinski definition) is 1. The molecule has 0 bridgehead atoms. The minimum atomic E-state index is 0.533. The monoisotopic (exact) mass is 214 g/mol. The van der Waals surface area contributed by atoms with Crippen LogP contribution >= 0.6 is 0 Å². The van der Waals surface area contributed by atoms with Gasteiger partial charge in [0.2, 0.25) is 0 Å². The highest BCUT2D eigenvalue weighted by atomic mass is 14.9. The Morgan fingerprint density at radius 2 is 2.12 bits per heavy atom. The summed E-state index contributed by atoms with van der Waals surface area (Å²) in [6.07, 6.45) is 2.40. The molecule has 0 saturated carbocycles. The molecule has 1 aromatic heterocycles. The maximum Gasteiger partial charge on any atom is 0.0464 e. The van der Waals surface area contributed by atoms with Gasteiger partial charge in [0.25, 0.3) is 0 Å². The highest BCUT2D eigenvalue weighted by Crippen LogP contribution is 2.38. The van der Waals surface area contributed by atoms with Crippen molar-refractivity contribution in [2.45, 2.75) is 32.7 Å². The molecule has 16 heavy (non-hydrogen) atoms. The lowest BCUT2D eigenvalue weighted by Crippen LogP contribution is -2.12. The van der Waals surface area contributed by atoms with Gasteiger partial charge in [0.15, 0.2) is 0 Å². The zero-order chi connectivity index (χ0) is 11.3. The maximum absolute atomic E-state index is 3.58. The van der Waals surface area contributed by atoms with E-state index in [-0.39, 0.29) is 0 Å². The summed E-state index contributed by atoms with van der Waals surface area (Å²) in [6.45, 7) is 4.38. The standard InChI is InChI=1S/C14H18N2/c1-8-6-9(2)13-12(7-8)16-11-5-4-10(15-3)14(11)13/h6-7,10,15-16H,4-5H2,1-3H3. The van der Waals surface area contributed by atoms with E-state index in [0.29, 0.717) is 6.04 Å². The average Bonchev–Trinajstić information content (AvgIpc) is 2.74. The van der Waals surface area contributed by atoms with Gasteiger partial charge < -0.3 is 10.3 Å². The minimum absolute atomic E-state index is 0.533. The van der Waals surface area contributed by atoms with Gasteiger partial charge in [-0.15, -0.1) is 0 Å². The van der Waals surface area contributed by atoms with Gasteiger partial charge in [-0.05, 0) is 56.5 Å². The van der Waals surface area contributed by atoms with E-state index in [4.69, 9.17) is 0 Å². The molecule has 2 heteroatoms. The van der Waals surface area contributed by atoms with E-state index in [1.54, 1.807) is 0 Å². The molecule has 2 N–H and O–H groups in total. The van der Waals surface area contributed by atoms with Crippen molar-refractivity contribution >= 4 is 10.9 Å². The molecule has 1 aliphatic rings. The van der Waals surface area contributed by atoms with Gasteiger partial charge in [0, 0.05) is 22.6 Å². The molecule has 0 fully saturated rings. The van der Waals surface area contributed by atoms with Crippen molar-refractivity contribution in [1.29, 1.82) is 0 Å². The molecule has 1 atom stereocenters. The highest BCUT2D eigenvalue weighted by molar-refractivity contribution is 5.89. The van der Waals surface area contributed by atoms with Gasteiger partial charge in [-0.2, -0.15) is 0 Å². The molecule has 1 heterocycles. The van der Waals surface area contributed by atoms with E-state index < -0.39 is 0 Å². The third-order valence-electron chi connectivity index (χ3n) is 3.74. The Kier molecular flexibility index (Phi) is 2.08. The maximum atomic E-state index is 3.58. The normalized spacial score (nSPS) is 19.3. The second kappa shape index (κ2) is 3.36. The number of aryl methyl sites for hydroxylation is 3. The van der Waals surface area contributed by atoms with E-state index >= 15 is 0 Å². The van der Waals surface area contributed by atoms with E-state index in [9.17, 15) is 0 Å². The lowest BCUT2D eigenvalue weighted by Gasteiger charge is -2.10. The van der Waals surface area contributed by atoms with Crippen molar-refractivity contribution in [2.75, 3.05) is 7.05 Å². The Morgan fingerprint density at radius 3 is 2.88 bits per heavy atom. The van der Waals surface area contributed by atoms with E-state index in [2.05, 4.69) is 43.3 Å². The van der Waals surface area contributed by atoms with Gasteiger partial charge in [0.1, 0.15) is 0 Å². The number of fused-ring (bicyclic) bond motifs is 3. The number of benzene rings is 1. The molecule has 0 saturated heterocycles. The number of nitrogens with one attached hydrogen (secondary N) is 2. The molecule has 1 aliphatic carbocycles. The van der Waals surface area contributed by atoms with E-state index in [1.165, 1.54) is 46.1 Å². The zero-order valence-electron chi connectivity index (χ0n) is 10.1. The number of aromatic amines is 1. The van der Waals surface area contributed by atoms with Crippen LogP contribution in [0.4, 0.5) is 0 Å². The molecule has 1 unspecified atom stereocenters. The fourth-order valence-electron chi connectivity index (χ4n) is 3.11. The van der Waals surface area contributed by atoms with Crippen LogP contribution in [0.1, 0.15) is 34.8 Å². The summed E-state index contributed by atoms with van der Waals surface area (Å²) < 4.78 is 0. The number of H-pyrrole nitrogens is 1. The van der Waals surface area contributed by atoms with Crippen molar-refractivity contribution in [3.05, 3.63) is 34.5 Å². The Bertz CT molecular complexity index is 551. The van der Waals surface area contributed by atoms with Gasteiger partial charge >= 0.3 is 0 Å². The van der Waals surface area contributed by atoms with Crippen molar-refractivity contribution in [3.8, 4) is 0 Å². The molecule has 2 nitrogen and oxygen atoms in total. The molecule has 84 valence electrons. The summed E-state index contributed by atoms with van der Waals surface area (Å²) in [5.41, 5.74) is 6.99. The van der Waals surface area contributed by atoms with Crippen LogP contribution in [0, 0.1) is 13.8 Å². The first-order valence-corrected chi connectivity index (χ1v) is 5.99. The van der Waals surface area contributed by atoms with Gasteiger partial charge in [-0.1, -0.05) is 6.07 Å². The fourth-order valence-corrected chi connectivity index (χ4v) is 3.11. The summed E-state index contributed by atoms with van der Waals surface area (Å²) >= 11 is 0. The Labute approximate surface area is 96.1 Å². The first-order chi connectivity index (χ1) is 7.70. The molecule has 0 amide bonds. The predicted molar refractivity (Wildman–Crippen MR) is 67.9 cm³/mol. The van der Waals surface area contributed by atoms with Crippen LogP contribution < -0.4 is 5.32 Å². The lowest BCUT2D eigenvalue weighted by atomic mass is 10.0. The van der Waals surface area contributed by atoms with Crippen LogP contribution in [0.5, 0.6) is 0 Å². The summed E-state index contributed by atoms with van der Waals surface area (Å²) in [6, 6.07) is 5.07. The van der Waals surface area contributed by atoms with Gasteiger partial charge in [0.05, 0.1) is 0 Å². The Hall–Kier alpha value is -1.28. The highest BCUT2D eigenvalue weighted by Gasteiger charge is 2.26. The van der Waals surface area contributed by atoms with Crippen LogP contribution in [-0.2, 0) is 6.42 Å². The topological polar surface area (TPSA) is 27.8 Å². The molecule has 0 spiro atoms. The SMILES string of the molecule is CNC1CCc2[nH]c3cc(C)cc(C)c3c21. The van der Waals surface area contributed by atoms with Crippen molar-refractivity contribution in [2.24, 2.45) is 0 Å². The second-order valence-electron chi connectivity index (χ2n) is 4.90. The van der Waals surface area contributed by atoms with Crippen molar-refractivity contribution in [3.63, 3.8) is 0 Å². The summed E-state index contributed by atoms with van der Waals surface area (Å²) in [5, 5.41) is 4.86. The fraction of sp³-hybridized carbons (Fsp3) is 0.429. The number of aromatic nitrogens is 1. The summed E-state index contributed by atoms with van der Waals surface area (Å²) in [7, 11) is 2.06. The minimum Gasteiger partial charge on any atom is -0.358 e. The van der Waals surface area contributed by atoms with Crippen LogP contribution in [0.2, 0.25) is 0 Å². The summed E-state index contributed by atoms with van der Waals surface area (Å²) in [5.74, 6) is 0. The smallest absolute Gasteiger partial charge is 0.0464 e. The Morgan fingerprint density at radius 1 is 1.31 bits per heavy atom. The lowest BCUT2D eigenvalue weighted by molar-refractivity contribution is 0.592. The third kappa shape index (κ3) is 1.23. The first-order valence-electron chi connectivity index (χ1n) is 5.99. The number of hydrogen-bond donors (Lipinski definition) is 2. The van der Waals surface area contributed by atoms with E-state index in [0.717, 1.165) is 0 Å². The summed E-state index contributed by atoms with van der Waals surface area (Å²) in [4.78, 5) is 3.58. The first kappa shape index (κ1) is 9.91. The molecule has 1 aromatic carbocycles. The zero-order valence-corrected chi connectivity index (χ0v) is 10.1. The molecule has 2 aromatic rings. The number of rotatable bonds is 1. The van der Waals surface area contributed by atoms with Crippen molar-refractivity contribution in [1.82, 2.24) is 10.3 Å². The van der Waals surface area contributed by atoms with Crippen LogP contribution in [0.3, 0.4) is 0 Å². The van der Waals surface area contributed by atoms with Gasteiger partial charge in [-0.25, -0.2) is 0 Å². The van der Waals surface area contributed by atoms with Crippen LogP contribution in [-0.4, -0.2) is 12.0 Å². The van der Waals surface area contributed by atoms with Crippen LogP contribution in [0.25, 0.3) is 10.9 Å². The Balaban J connectivity index is 2.34. The predicted octanol–water partition coefficient (Wildman–Crippen LogP) is 2.99. The molecular formula is C14H18N2. The molecule has 0 radical (unpaired) electrons. The van der Waals surface area contributed by atoms with Gasteiger partial charge in [-0.3, -0.25) is 0 Å². The molecule has 0 aliphatic heterocycles. The van der Waals surface area contributed by atoms with Crippen molar-refractivity contribution < 1.29 is 0 Å².